The SMILES string of the molecule is CCOc1ccc2[nH]c(-c3ccc(C)cc3)cc2c1. The van der Waals surface area contributed by atoms with Crippen LogP contribution in [0, 0.1) is 6.92 Å². The predicted octanol–water partition coefficient (Wildman–Crippen LogP) is 4.54. The van der Waals surface area contributed by atoms with Crippen LogP contribution < -0.4 is 4.74 Å². The third kappa shape index (κ3) is 2.34. The van der Waals surface area contributed by atoms with Gasteiger partial charge >= 0.3 is 0 Å². The van der Waals surface area contributed by atoms with Gasteiger partial charge in [-0.05, 0) is 43.7 Å². The van der Waals surface area contributed by atoms with E-state index in [0.717, 1.165) is 17.0 Å². The fraction of sp³-hybridized carbons (Fsp3) is 0.176. The van der Waals surface area contributed by atoms with Crippen LogP contribution in [0.5, 0.6) is 5.75 Å². The van der Waals surface area contributed by atoms with E-state index in [9.17, 15) is 0 Å². The summed E-state index contributed by atoms with van der Waals surface area (Å²) in [5.41, 5.74) is 4.76. The van der Waals surface area contributed by atoms with Crippen LogP contribution in [0.25, 0.3) is 22.2 Å². The average Bonchev–Trinajstić information content (AvgIpc) is 2.83. The van der Waals surface area contributed by atoms with Crippen LogP contribution in [-0.4, -0.2) is 11.6 Å². The molecule has 0 spiro atoms. The Bertz CT molecular complexity index is 695. The molecule has 1 aromatic heterocycles. The fourth-order valence-electron chi connectivity index (χ4n) is 2.26. The topological polar surface area (TPSA) is 25.0 Å². The van der Waals surface area contributed by atoms with Crippen molar-refractivity contribution in [3.63, 3.8) is 0 Å². The largest absolute Gasteiger partial charge is 0.494 e. The molecule has 0 aliphatic heterocycles. The molecule has 2 aromatic carbocycles. The summed E-state index contributed by atoms with van der Waals surface area (Å²) in [4.78, 5) is 3.45. The highest BCUT2D eigenvalue weighted by atomic mass is 16.5. The number of H-pyrrole nitrogens is 1. The summed E-state index contributed by atoms with van der Waals surface area (Å²) >= 11 is 0. The first-order chi connectivity index (χ1) is 9.26. The first kappa shape index (κ1) is 11.8. The van der Waals surface area contributed by atoms with Crippen LogP contribution >= 0.6 is 0 Å². The molecule has 3 rings (SSSR count). The number of nitrogens with one attached hydrogen (secondary N) is 1. The molecule has 0 aliphatic carbocycles. The van der Waals surface area contributed by atoms with Gasteiger partial charge in [0.05, 0.1) is 6.61 Å². The second kappa shape index (κ2) is 4.81. The van der Waals surface area contributed by atoms with Crippen molar-refractivity contribution in [2.45, 2.75) is 13.8 Å². The third-order valence-corrected chi connectivity index (χ3v) is 3.27. The summed E-state index contributed by atoms with van der Waals surface area (Å²) in [6.45, 7) is 4.79. The summed E-state index contributed by atoms with van der Waals surface area (Å²) in [5.74, 6) is 0.921. The van der Waals surface area contributed by atoms with Gasteiger partial charge in [-0.2, -0.15) is 0 Å². The maximum absolute atomic E-state index is 5.53. The Morgan fingerprint density at radius 3 is 2.53 bits per heavy atom. The number of aromatic amines is 1. The molecule has 0 bridgehead atoms. The van der Waals surface area contributed by atoms with Crippen molar-refractivity contribution < 1.29 is 4.74 Å². The van der Waals surface area contributed by atoms with Gasteiger partial charge in [0.15, 0.2) is 0 Å². The van der Waals surface area contributed by atoms with Gasteiger partial charge in [-0.25, -0.2) is 0 Å². The molecule has 2 heteroatoms. The van der Waals surface area contributed by atoms with E-state index >= 15 is 0 Å². The molecule has 1 N–H and O–H groups in total. The van der Waals surface area contributed by atoms with Crippen LogP contribution in [0.2, 0.25) is 0 Å². The maximum Gasteiger partial charge on any atom is 0.120 e. The molecule has 1 heterocycles. The van der Waals surface area contributed by atoms with E-state index in [1.807, 2.05) is 13.0 Å². The molecule has 2 nitrogen and oxygen atoms in total. The molecule has 0 radical (unpaired) electrons. The molecule has 3 aromatic rings. The van der Waals surface area contributed by atoms with Gasteiger partial charge in [0.2, 0.25) is 0 Å². The quantitative estimate of drug-likeness (QED) is 0.726. The Hall–Kier alpha value is -2.22. The van der Waals surface area contributed by atoms with Crippen molar-refractivity contribution in [3.05, 3.63) is 54.1 Å². The zero-order valence-electron chi connectivity index (χ0n) is 11.2. The Morgan fingerprint density at radius 2 is 1.79 bits per heavy atom. The van der Waals surface area contributed by atoms with Crippen LogP contribution in [0.4, 0.5) is 0 Å². The molecule has 96 valence electrons. The number of ether oxygens (including phenoxy) is 1. The second-order valence-electron chi connectivity index (χ2n) is 4.73. The van der Waals surface area contributed by atoms with Crippen molar-refractivity contribution in [1.29, 1.82) is 0 Å². The monoisotopic (exact) mass is 251 g/mol. The van der Waals surface area contributed by atoms with Crippen LogP contribution in [-0.2, 0) is 0 Å². The van der Waals surface area contributed by atoms with Crippen LogP contribution in [0.3, 0.4) is 0 Å². The summed E-state index contributed by atoms with van der Waals surface area (Å²) < 4.78 is 5.53. The minimum Gasteiger partial charge on any atom is -0.494 e. The molecule has 19 heavy (non-hydrogen) atoms. The minimum atomic E-state index is 0.695. The fourth-order valence-corrected chi connectivity index (χ4v) is 2.26. The average molecular weight is 251 g/mol. The minimum absolute atomic E-state index is 0.695. The molecular weight excluding hydrogens is 234 g/mol. The van der Waals surface area contributed by atoms with Gasteiger partial charge in [0, 0.05) is 16.6 Å². The van der Waals surface area contributed by atoms with E-state index in [2.05, 4.69) is 54.4 Å². The number of hydrogen-bond acceptors (Lipinski definition) is 1. The van der Waals surface area contributed by atoms with Gasteiger partial charge in [-0.1, -0.05) is 29.8 Å². The molecule has 0 atom stereocenters. The van der Waals surface area contributed by atoms with Gasteiger partial charge in [-0.3, -0.25) is 0 Å². The molecular formula is C17H17NO. The first-order valence-electron chi connectivity index (χ1n) is 6.59. The Balaban J connectivity index is 2.03. The lowest BCUT2D eigenvalue weighted by atomic mass is 10.1. The summed E-state index contributed by atoms with van der Waals surface area (Å²) in [7, 11) is 0. The Kier molecular flexibility index (Phi) is 3.00. The molecule has 0 unspecified atom stereocenters. The Labute approximate surface area is 113 Å². The maximum atomic E-state index is 5.53. The van der Waals surface area contributed by atoms with Crippen LogP contribution in [0.15, 0.2) is 48.5 Å². The van der Waals surface area contributed by atoms with Gasteiger partial charge in [-0.15, -0.1) is 0 Å². The summed E-state index contributed by atoms with van der Waals surface area (Å²) in [5, 5.41) is 1.18. The molecule has 0 amide bonds. The lowest BCUT2D eigenvalue weighted by Gasteiger charge is -2.01. The number of hydrogen-bond donors (Lipinski definition) is 1. The zero-order chi connectivity index (χ0) is 13.2. The van der Waals surface area contributed by atoms with E-state index < -0.39 is 0 Å². The van der Waals surface area contributed by atoms with Gasteiger partial charge in [0.1, 0.15) is 5.75 Å². The number of benzene rings is 2. The van der Waals surface area contributed by atoms with E-state index in [1.165, 1.54) is 16.5 Å². The number of rotatable bonds is 3. The molecule has 0 saturated carbocycles. The lowest BCUT2D eigenvalue weighted by Crippen LogP contribution is -1.90. The van der Waals surface area contributed by atoms with Crippen molar-refractivity contribution >= 4 is 10.9 Å². The van der Waals surface area contributed by atoms with E-state index in [4.69, 9.17) is 4.74 Å². The first-order valence-corrected chi connectivity index (χ1v) is 6.59. The van der Waals surface area contributed by atoms with E-state index in [0.29, 0.717) is 6.61 Å². The summed E-state index contributed by atoms with van der Waals surface area (Å²) in [6, 6.07) is 16.9. The van der Waals surface area contributed by atoms with Crippen LogP contribution in [0.1, 0.15) is 12.5 Å². The standard InChI is InChI=1S/C17H17NO/c1-3-19-15-8-9-16-14(10-15)11-17(18-16)13-6-4-12(2)5-7-13/h4-11,18H,3H2,1-2H3. The van der Waals surface area contributed by atoms with Crippen molar-refractivity contribution in [1.82, 2.24) is 4.98 Å². The molecule has 0 saturated heterocycles. The normalized spacial score (nSPS) is 10.8. The zero-order valence-corrected chi connectivity index (χ0v) is 11.2. The van der Waals surface area contributed by atoms with Crippen molar-refractivity contribution in [2.75, 3.05) is 6.61 Å². The lowest BCUT2D eigenvalue weighted by molar-refractivity contribution is 0.341. The van der Waals surface area contributed by atoms with E-state index in [-0.39, 0.29) is 0 Å². The number of fused-ring (bicyclic) bond motifs is 1. The van der Waals surface area contributed by atoms with Crippen molar-refractivity contribution in [2.24, 2.45) is 0 Å². The van der Waals surface area contributed by atoms with Gasteiger partial charge < -0.3 is 9.72 Å². The van der Waals surface area contributed by atoms with Crippen molar-refractivity contribution in [3.8, 4) is 17.0 Å². The predicted molar refractivity (Wildman–Crippen MR) is 79.6 cm³/mol. The van der Waals surface area contributed by atoms with Gasteiger partial charge in [0.25, 0.3) is 0 Å². The second-order valence-corrected chi connectivity index (χ2v) is 4.73. The van der Waals surface area contributed by atoms with E-state index in [1.54, 1.807) is 0 Å². The summed E-state index contributed by atoms with van der Waals surface area (Å²) in [6.07, 6.45) is 0. The number of aryl methyl sites for hydroxylation is 1. The molecule has 0 fully saturated rings. The highest BCUT2D eigenvalue weighted by Crippen LogP contribution is 2.27. The smallest absolute Gasteiger partial charge is 0.120 e. The highest BCUT2D eigenvalue weighted by molar-refractivity contribution is 5.87. The third-order valence-electron chi connectivity index (χ3n) is 3.27. The number of aromatic nitrogens is 1. The Morgan fingerprint density at radius 1 is 1.00 bits per heavy atom. The molecule has 0 aliphatic rings. The highest BCUT2D eigenvalue weighted by Gasteiger charge is 2.04.